The first-order valence-corrected chi connectivity index (χ1v) is 9.90. The van der Waals surface area contributed by atoms with E-state index in [2.05, 4.69) is 13.8 Å². The Morgan fingerprint density at radius 2 is 1.89 bits per heavy atom. The largest absolute Gasteiger partial charge is 0.330 e. The Morgan fingerprint density at radius 1 is 1.16 bits per heavy atom. The van der Waals surface area contributed by atoms with E-state index in [-0.39, 0.29) is 0 Å². The molecule has 0 aromatic rings. The van der Waals surface area contributed by atoms with E-state index < -0.39 is 8.03 Å². The van der Waals surface area contributed by atoms with Gasteiger partial charge in [0.05, 0.1) is 6.61 Å². The Hall–Kier alpha value is 0.190. The molecule has 0 aromatic carbocycles. The Balaban J connectivity index is 2.03. The standard InChI is InChI=1S/C16H33O2P/c1-3-4-5-9-12-18-19(17)14-15(2)13-16-10-7-6-8-11-16/h15-16,19H,3-14H2,1-2H3. The summed E-state index contributed by atoms with van der Waals surface area (Å²) in [6.07, 6.45) is 13.9. The van der Waals surface area contributed by atoms with Gasteiger partial charge < -0.3 is 4.52 Å². The van der Waals surface area contributed by atoms with Gasteiger partial charge in [-0.15, -0.1) is 0 Å². The third-order valence-corrected chi connectivity index (χ3v) is 5.79. The van der Waals surface area contributed by atoms with Crippen LogP contribution in [-0.4, -0.2) is 12.8 Å². The molecule has 1 rings (SSSR count). The highest BCUT2D eigenvalue weighted by molar-refractivity contribution is 7.39. The average molecular weight is 288 g/mol. The Kier molecular flexibility index (Phi) is 9.91. The van der Waals surface area contributed by atoms with Gasteiger partial charge in [-0.05, 0) is 24.7 Å². The normalized spacial score (nSPS) is 20.3. The Bertz CT molecular complexity index is 237. The molecule has 1 saturated carbocycles. The molecule has 0 aromatic heterocycles. The van der Waals surface area contributed by atoms with Crippen molar-refractivity contribution < 1.29 is 9.09 Å². The zero-order chi connectivity index (χ0) is 13.9. The van der Waals surface area contributed by atoms with Crippen molar-refractivity contribution in [3.63, 3.8) is 0 Å². The van der Waals surface area contributed by atoms with Gasteiger partial charge in [0, 0.05) is 6.16 Å². The first-order valence-electron chi connectivity index (χ1n) is 8.38. The minimum Gasteiger partial charge on any atom is -0.330 e. The summed E-state index contributed by atoms with van der Waals surface area (Å²) in [4.78, 5) is 0. The smallest absolute Gasteiger partial charge is 0.191 e. The molecule has 0 heterocycles. The number of rotatable bonds is 10. The predicted molar refractivity (Wildman–Crippen MR) is 84.3 cm³/mol. The van der Waals surface area contributed by atoms with Crippen LogP contribution in [0.3, 0.4) is 0 Å². The fourth-order valence-electron chi connectivity index (χ4n) is 3.13. The van der Waals surface area contributed by atoms with Gasteiger partial charge in [0.15, 0.2) is 8.03 Å². The van der Waals surface area contributed by atoms with Crippen LogP contribution in [0.25, 0.3) is 0 Å². The highest BCUT2D eigenvalue weighted by Gasteiger charge is 2.17. The molecule has 0 spiro atoms. The summed E-state index contributed by atoms with van der Waals surface area (Å²) in [7, 11) is -1.78. The quantitative estimate of drug-likeness (QED) is 0.383. The lowest BCUT2D eigenvalue weighted by Gasteiger charge is -2.24. The third-order valence-electron chi connectivity index (χ3n) is 4.24. The van der Waals surface area contributed by atoms with E-state index in [1.807, 2.05) is 0 Å². The SMILES string of the molecule is CCCCCCO[PH](=O)CC(C)CC1CCCCC1. The van der Waals surface area contributed by atoms with Crippen molar-refractivity contribution in [1.82, 2.24) is 0 Å². The number of hydrogen-bond acceptors (Lipinski definition) is 2. The lowest BCUT2D eigenvalue weighted by Crippen LogP contribution is -2.12. The maximum atomic E-state index is 11.9. The van der Waals surface area contributed by atoms with Gasteiger partial charge in [-0.3, -0.25) is 4.57 Å². The van der Waals surface area contributed by atoms with Crippen LogP contribution in [0, 0.1) is 11.8 Å². The third kappa shape index (κ3) is 8.87. The summed E-state index contributed by atoms with van der Waals surface area (Å²) in [5, 5.41) is 0. The van der Waals surface area contributed by atoms with Crippen molar-refractivity contribution in [2.24, 2.45) is 11.8 Å². The van der Waals surface area contributed by atoms with Gasteiger partial charge in [-0.2, -0.15) is 0 Å². The first kappa shape index (κ1) is 17.2. The summed E-state index contributed by atoms with van der Waals surface area (Å²) in [6, 6.07) is 0. The molecule has 0 aliphatic heterocycles. The van der Waals surface area contributed by atoms with E-state index in [9.17, 15) is 4.57 Å². The maximum Gasteiger partial charge on any atom is 0.191 e. The van der Waals surface area contributed by atoms with Crippen LogP contribution in [0.4, 0.5) is 0 Å². The van der Waals surface area contributed by atoms with Crippen molar-refractivity contribution in [3.05, 3.63) is 0 Å². The summed E-state index contributed by atoms with van der Waals surface area (Å²) >= 11 is 0. The van der Waals surface area contributed by atoms with Crippen LogP contribution in [0.2, 0.25) is 0 Å². The fourth-order valence-corrected chi connectivity index (χ4v) is 4.36. The molecule has 0 bridgehead atoms. The second kappa shape index (κ2) is 10.9. The minimum atomic E-state index is -1.78. The summed E-state index contributed by atoms with van der Waals surface area (Å²) in [6.45, 7) is 5.15. The van der Waals surface area contributed by atoms with Gasteiger partial charge in [0.1, 0.15) is 0 Å². The molecule has 19 heavy (non-hydrogen) atoms. The summed E-state index contributed by atoms with van der Waals surface area (Å²) < 4.78 is 17.4. The van der Waals surface area contributed by atoms with E-state index in [1.165, 1.54) is 57.8 Å². The van der Waals surface area contributed by atoms with E-state index in [0.29, 0.717) is 12.5 Å². The highest BCUT2D eigenvalue weighted by atomic mass is 31.1. The molecule has 0 N–H and O–H groups in total. The second-order valence-electron chi connectivity index (χ2n) is 6.33. The van der Waals surface area contributed by atoms with Crippen molar-refractivity contribution in [2.45, 2.75) is 78.1 Å². The van der Waals surface area contributed by atoms with Crippen LogP contribution in [0.5, 0.6) is 0 Å². The Labute approximate surface area is 120 Å². The molecular formula is C16H33O2P. The monoisotopic (exact) mass is 288 g/mol. The molecule has 1 aliphatic rings. The first-order chi connectivity index (χ1) is 9.22. The van der Waals surface area contributed by atoms with E-state index in [0.717, 1.165) is 18.5 Å². The lowest BCUT2D eigenvalue weighted by atomic mass is 9.84. The van der Waals surface area contributed by atoms with Gasteiger partial charge in [0.2, 0.25) is 0 Å². The molecule has 0 amide bonds. The van der Waals surface area contributed by atoms with Crippen molar-refractivity contribution >= 4 is 8.03 Å². The van der Waals surface area contributed by atoms with Gasteiger partial charge in [-0.25, -0.2) is 0 Å². The van der Waals surface area contributed by atoms with E-state index in [1.54, 1.807) is 0 Å². The zero-order valence-corrected chi connectivity index (χ0v) is 14.0. The van der Waals surface area contributed by atoms with Gasteiger partial charge >= 0.3 is 0 Å². The van der Waals surface area contributed by atoms with Crippen LogP contribution < -0.4 is 0 Å². The molecule has 2 atom stereocenters. The maximum absolute atomic E-state index is 11.9. The predicted octanol–water partition coefficient (Wildman–Crippen LogP) is 5.66. The topological polar surface area (TPSA) is 26.3 Å². The van der Waals surface area contributed by atoms with Crippen molar-refractivity contribution in [3.8, 4) is 0 Å². The van der Waals surface area contributed by atoms with Crippen LogP contribution in [0.1, 0.15) is 78.1 Å². The summed E-state index contributed by atoms with van der Waals surface area (Å²) in [5.74, 6) is 1.47. The lowest BCUT2D eigenvalue weighted by molar-refractivity contribution is 0.292. The molecule has 3 heteroatoms. The summed E-state index contributed by atoms with van der Waals surface area (Å²) in [5.41, 5.74) is 0. The average Bonchev–Trinajstić information content (AvgIpc) is 2.39. The van der Waals surface area contributed by atoms with E-state index in [4.69, 9.17) is 4.52 Å². The van der Waals surface area contributed by atoms with E-state index >= 15 is 0 Å². The number of unbranched alkanes of at least 4 members (excludes halogenated alkanes) is 3. The number of hydrogen-bond donors (Lipinski definition) is 0. The zero-order valence-electron chi connectivity index (χ0n) is 13.0. The van der Waals surface area contributed by atoms with Crippen LogP contribution >= 0.6 is 8.03 Å². The van der Waals surface area contributed by atoms with Crippen molar-refractivity contribution in [2.75, 3.05) is 12.8 Å². The van der Waals surface area contributed by atoms with Crippen LogP contribution in [0.15, 0.2) is 0 Å². The van der Waals surface area contributed by atoms with Gasteiger partial charge in [0.25, 0.3) is 0 Å². The van der Waals surface area contributed by atoms with Crippen LogP contribution in [-0.2, 0) is 9.09 Å². The molecule has 0 saturated heterocycles. The fraction of sp³-hybridized carbons (Fsp3) is 1.00. The highest BCUT2D eigenvalue weighted by Crippen LogP contribution is 2.33. The Morgan fingerprint density at radius 3 is 2.58 bits per heavy atom. The molecular weight excluding hydrogens is 255 g/mol. The van der Waals surface area contributed by atoms with Gasteiger partial charge in [-0.1, -0.05) is 65.2 Å². The molecule has 114 valence electrons. The molecule has 0 radical (unpaired) electrons. The molecule has 1 aliphatic carbocycles. The minimum absolute atomic E-state index is 0.574. The molecule has 2 nitrogen and oxygen atoms in total. The second-order valence-corrected chi connectivity index (χ2v) is 7.77. The molecule has 1 fully saturated rings. The molecule has 2 unspecified atom stereocenters. The van der Waals surface area contributed by atoms with Crippen molar-refractivity contribution in [1.29, 1.82) is 0 Å².